The molecule has 0 saturated heterocycles. The average molecular weight is 784 g/mol. The predicted molar refractivity (Wildman–Crippen MR) is 250 cm³/mol. The van der Waals surface area contributed by atoms with Gasteiger partial charge in [0.1, 0.15) is 11.2 Å². The van der Waals surface area contributed by atoms with E-state index in [1.807, 2.05) is 47.9 Å². The minimum atomic E-state index is 0.675. The lowest BCUT2D eigenvalue weighted by Crippen LogP contribution is -1.96. The smallest absolute Gasteiger partial charge is 0.160 e. The van der Waals surface area contributed by atoms with Crippen LogP contribution < -0.4 is 0 Å². The van der Waals surface area contributed by atoms with Gasteiger partial charge in [0, 0.05) is 75.9 Å². The minimum absolute atomic E-state index is 0.675. The summed E-state index contributed by atoms with van der Waals surface area (Å²) in [7, 11) is 0. The Morgan fingerprint density at radius 3 is 1.87 bits per heavy atom. The normalized spacial score (nSPS) is 11.7. The van der Waals surface area contributed by atoms with Gasteiger partial charge < -0.3 is 4.42 Å². The summed E-state index contributed by atoms with van der Waals surface area (Å²) < 4.78 is 9.32. The molecule has 0 amide bonds. The van der Waals surface area contributed by atoms with Crippen molar-refractivity contribution < 1.29 is 4.42 Å². The van der Waals surface area contributed by atoms with E-state index in [-0.39, 0.29) is 0 Å². The van der Waals surface area contributed by atoms with Crippen molar-refractivity contribution in [2.75, 3.05) is 0 Å². The van der Waals surface area contributed by atoms with Crippen molar-refractivity contribution in [2.45, 2.75) is 0 Å². The molecule has 4 nitrogen and oxygen atoms in total. The largest absolute Gasteiger partial charge is 0.455 e. The van der Waals surface area contributed by atoms with E-state index in [2.05, 4.69) is 169 Å². The number of furan rings is 1. The van der Waals surface area contributed by atoms with Crippen molar-refractivity contribution in [3.05, 3.63) is 200 Å². The molecule has 0 aliphatic rings. The van der Waals surface area contributed by atoms with Crippen LogP contribution in [0.3, 0.4) is 0 Å². The van der Waals surface area contributed by atoms with Crippen LogP contribution in [0.1, 0.15) is 0 Å². The summed E-state index contributed by atoms with van der Waals surface area (Å²) >= 11 is 1.84. The number of pyridine rings is 1. The number of aromatic nitrogens is 3. The molecule has 0 spiro atoms. The molecule has 0 atom stereocenters. The van der Waals surface area contributed by atoms with E-state index in [1.165, 1.54) is 25.7 Å². The first-order valence-corrected chi connectivity index (χ1v) is 20.9. The number of hydrogen-bond acceptors (Lipinski definition) is 5. The molecule has 5 heteroatoms. The monoisotopic (exact) mass is 783 g/mol. The first-order chi connectivity index (χ1) is 29.7. The van der Waals surface area contributed by atoms with Crippen LogP contribution in [-0.4, -0.2) is 15.0 Å². The summed E-state index contributed by atoms with van der Waals surface area (Å²) in [5.74, 6) is 0.675. The van der Waals surface area contributed by atoms with E-state index in [1.54, 1.807) is 0 Å². The second kappa shape index (κ2) is 14.0. The van der Waals surface area contributed by atoms with Crippen molar-refractivity contribution in [3.63, 3.8) is 0 Å². The molecule has 8 aromatic carbocycles. The van der Waals surface area contributed by atoms with Crippen molar-refractivity contribution in [2.24, 2.45) is 0 Å². The van der Waals surface area contributed by atoms with Crippen LogP contribution in [-0.2, 0) is 0 Å². The van der Waals surface area contributed by atoms with Gasteiger partial charge in [-0.1, -0.05) is 164 Å². The fourth-order valence-electron chi connectivity index (χ4n) is 8.68. The first-order valence-electron chi connectivity index (χ1n) is 20.1. The lowest BCUT2D eigenvalue weighted by molar-refractivity contribution is 0.670. The van der Waals surface area contributed by atoms with Crippen molar-refractivity contribution in [1.29, 1.82) is 0 Å². The molecule has 4 heterocycles. The number of fused-ring (bicyclic) bond motifs is 7. The van der Waals surface area contributed by atoms with Crippen LogP contribution in [0.15, 0.2) is 205 Å². The molecule has 280 valence electrons. The van der Waals surface area contributed by atoms with Gasteiger partial charge in [0.25, 0.3) is 0 Å². The van der Waals surface area contributed by atoms with E-state index in [0.29, 0.717) is 5.82 Å². The lowest BCUT2D eigenvalue weighted by atomic mass is 9.93. The molecule has 0 unspecified atom stereocenters. The Balaban J connectivity index is 0.955. The highest BCUT2D eigenvalue weighted by molar-refractivity contribution is 7.26. The summed E-state index contributed by atoms with van der Waals surface area (Å²) in [5.41, 5.74) is 14.2. The van der Waals surface area contributed by atoms with Crippen molar-refractivity contribution in [1.82, 2.24) is 15.0 Å². The topological polar surface area (TPSA) is 51.8 Å². The molecule has 0 saturated carbocycles. The molecule has 4 aromatic heterocycles. The molecule has 0 bridgehead atoms. The Kier molecular flexibility index (Phi) is 8.00. The summed E-state index contributed by atoms with van der Waals surface area (Å²) in [4.78, 5) is 15.0. The van der Waals surface area contributed by atoms with Crippen LogP contribution in [0, 0.1) is 0 Å². The SMILES string of the molecule is c1ccc(-c2cc(-c3ccc(-c4ccc(-c5cccc6c5sc5ccccc56)c5oc6ccccc6c45)cc3)nc(-c3ccc(-c4cccc5cccnc45)cc3)n2)cc1. The Morgan fingerprint density at radius 2 is 1.03 bits per heavy atom. The number of benzene rings is 8. The Hall–Kier alpha value is -7.73. The number of para-hydroxylation sites is 2. The van der Waals surface area contributed by atoms with Gasteiger partial charge in [-0.15, -0.1) is 11.3 Å². The van der Waals surface area contributed by atoms with Gasteiger partial charge in [-0.05, 0) is 47.0 Å². The van der Waals surface area contributed by atoms with Crippen LogP contribution in [0.5, 0.6) is 0 Å². The second-order valence-electron chi connectivity index (χ2n) is 15.1. The van der Waals surface area contributed by atoms with Gasteiger partial charge in [-0.3, -0.25) is 4.98 Å². The second-order valence-corrected chi connectivity index (χ2v) is 16.2. The maximum atomic E-state index is 6.76. The third kappa shape index (κ3) is 5.70. The van der Waals surface area contributed by atoms with Gasteiger partial charge in [0.05, 0.1) is 16.9 Å². The zero-order chi connectivity index (χ0) is 39.6. The zero-order valence-electron chi connectivity index (χ0n) is 32.2. The molecule has 0 aliphatic heterocycles. The average Bonchev–Trinajstić information content (AvgIpc) is 3.91. The van der Waals surface area contributed by atoms with E-state index >= 15 is 0 Å². The Labute approximate surface area is 349 Å². The number of hydrogen-bond donors (Lipinski definition) is 0. The van der Waals surface area contributed by atoms with Crippen molar-refractivity contribution in [3.8, 4) is 67.3 Å². The zero-order valence-corrected chi connectivity index (χ0v) is 33.0. The van der Waals surface area contributed by atoms with Crippen LogP contribution in [0.2, 0.25) is 0 Å². The standard InChI is InChI=1S/C55H33N3OS/c1-2-11-36(12-3-1)47-33-48(58-55(57-47)39-28-24-35(25-29-39)41-17-8-13-38-14-10-32-56-52(38)41)37-26-22-34(23-27-37)40-30-31-43(53-51(40)46-16-4-6-20-49(46)59-53)45-19-9-18-44-42-15-5-7-21-50(42)60-54(44)45/h1-33H. The Bertz CT molecular complexity index is 3580. The number of nitrogens with zero attached hydrogens (tertiary/aromatic N) is 3. The van der Waals surface area contributed by atoms with Crippen LogP contribution in [0.4, 0.5) is 0 Å². The molecule has 12 rings (SSSR count). The van der Waals surface area contributed by atoms with E-state index in [4.69, 9.17) is 14.4 Å². The fraction of sp³-hybridized carbons (Fsp3) is 0. The Morgan fingerprint density at radius 1 is 0.417 bits per heavy atom. The summed E-state index contributed by atoms with van der Waals surface area (Å²) in [6.07, 6.45) is 1.85. The molecule has 0 N–H and O–H groups in total. The summed E-state index contributed by atoms with van der Waals surface area (Å²) in [6.45, 7) is 0. The van der Waals surface area contributed by atoms with Gasteiger partial charge in [0.15, 0.2) is 5.82 Å². The highest BCUT2D eigenvalue weighted by atomic mass is 32.1. The van der Waals surface area contributed by atoms with Crippen LogP contribution in [0.25, 0.3) is 120 Å². The molecular weight excluding hydrogens is 751 g/mol. The lowest BCUT2D eigenvalue weighted by Gasteiger charge is -2.12. The minimum Gasteiger partial charge on any atom is -0.455 e. The van der Waals surface area contributed by atoms with Gasteiger partial charge in [0.2, 0.25) is 0 Å². The number of rotatable bonds is 6. The molecular formula is C55H33N3OS. The molecule has 0 aliphatic carbocycles. The predicted octanol–water partition coefficient (Wildman–Crippen LogP) is 15.3. The quantitative estimate of drug-likeness (QED) is 0.169. The molecule has 60 heavy (non-hydrogen) atoms. The highest BCUT2D eigenvalue weighted by Crippen LogP contribution is 2.46. The van der Waals surface area contributed by atoms with Crippen molar-refractivity contribution >= 4 is 64.4 Å². The summed E-state index contributed by atoms with van der Waals surface area (Å²) in [6, 6.07) is 68.2. The third-order valence-corrected chi connectivity index (χ3v) is 12.8. The van der Waals surface area contributed by atoms with Gasteiger partial charge in [-0.2, -0.15) is 0 Å². The van der Waals surface area contributed by atoms with Gasteiger partial charge in [-0.25, -0.2) is 9.97 Å². The first kappa shape index (κ1) is 34.3. The van der Waals surface area contributed by atoms with E-state index in [0.717, 1.165) is 88.7 Å². The van der Waals surface area contributed by atoms with Crippen LogP contribution >= 0.6 is 11.3 Å². The summed E-state index contributed by atoms with van der Waals surface area (Å²) in [5, 5.41) is 5.90. The van der Waals surface area contributed by atoms with E-state index in [9.17, 15) is 0 Å². The van der Waals surface area contributed by atoms with E-state index < -0.39 is 0 Å². The maximum absolute atomic E-state index is 6.76. The fourth-order valence-corrected chi connectivity index (χ4v) is 9.91. The van der Waals surface area contributed by atoms with Gasteiger partial charge >= 0.3 is 0 Å². The highest BCUT2D eigenvalue weighted by Gasteiger charge is 2.20. The maximum Gasteiger partial charge on any atom is 0.160 e. The molecule has 0 radical (unpaired) electrons. The third-order valence-electron chi connectivity index (χ3n) is 11.6. The molecule has 12 aromatic rings. The molecule has 0 fully saturated rings. The number of thiophene rings is 1.